The van der Waals surface area contributed by atoms with Gasteiger partial charge in [-0.1, -0.05) is 18.2 Å². The van der Waals surface area contributed by atoms with Crippen molar-refractivity contribution in [3.8, 4) is 0 Å². The molecular weight excluding hydrogens is 328 g/mol. The van der Waals surface area contributed by atoms with Crippen LogP contribution in [-0.2, 0) is 6.54 Å². The smallest absolute Gasteiger partial charge is 0.315 e. The Morgan fingerprint density at radius 3 is 2.62 bits per heavy atom. The van der Waals surface area contributed by atoms with Gasteiger partial charge in [-0.3, -0.25) is 4.90 Å². The van der Waals surface area contributed by atoms with Crippen LogP contribution in [-0.4, -0.2) is 44.7 Å². The molecule has 3 rings (SSSR count). The number of nitrogens with one attached hydrogen (secondary N) is 2. The lowest BCUT2D eigenvalue weighted by atomic mass is 10.1. The maximum Gasteiger partial charge on any atom is 0.315 e. The highest BCUT2D eigenvalue weighted by Crippen LogP contribution is 2.24. The summed E-state index contributed by atoms with van der Waals surface area (Å²) in [6.45, 7) is 3.19. The van der Waals surface area contributed by atoms with E-state index in [0.717, 1.165) is 24.4 Å². The van der Waals surface area contributed by atoms with Crippen molar-refractivity contribution >= 4 is 11.7 Å². The molecule has 0 saturated carbocycles. The number of hydrogen-bond donors (Lipinski definition) is 2. The number of benzene rings is 1. The van der Waals surface area contributed by atoms with Crippen molar-refractivity contribution in [2.75, 3.05) is 38.6 Å². The molecule has 26 heavy (non-hydrogen) atoms. The van der Waals surface area contributed by atoms with Crippen molar-refractivity contribution in [2.45, 2.75) is 25.4 Å². The quantitative estimate of drug-likeness (QED) is 0.801. The van der Waals surface area contributed by atoms with E-state index in [-0.39, 0.29) is 12.1 Å². The number of carbonyl (C=O) groups is 1. The van der Waals surface area contributed by atoms with Gasteiger partial charge in [-0.05, 0) is 50.7 Å². The molecule has 1 aliphatic rings. The van der Waals surface area contributed by atoms with E-state index < -0.39 is 0 Å². The lowest BCUT2D eigenvalue weighted by molar-refractivity contribution is 0.225. The standard InChI is InChI=1S/C20H28N4O2/c1-23(2)18(19-10-7-13-26-19)15-22-20(25)21-14-16-8-3-4-9-17(16)24-11-5-6-12-24/h3-4,7-10,13,18H,5-6,11-12,14-15H2,1-2H3,(H2,21,22,25). The number of furan rings is 1. The number of anilines is 1. The lowest BCUT2D eigenvalue weighted by Crippen LogP contribution is -2.40. The fraction of sp³-hybridized carbons (Fsp3) is 0.450. The second-order valence-corrected chi connectivity index (χ2v) is 6.88. The van der Waals surface area contributed by atoms with E-state index in [1.807, 2.05) is 37.2 Å². The zero-order valence-electron chi connectivity index (χ0n) is 15.6. The van der Waals surface area contributed by atoms with Gasteiger partial charge in [0.05, 0.1) is 12.3 Å². The molecule has 0 aliphatic carbocycles. The second-order valence-electron chi connectivity index (χ2n) is 6.88. The molecule has 1 saturated heterocycles. The molecule has 1 aliphatic heterocycles. The molecule has 2 aromatic rings. The van der Waals surface area contributed by atoms with E-state index >= 15 is 0 Å². The molecule has 1 fully saturated rings. The molecule has 0 radical (unpaired) electrons. The van der Waals surface area contributed by atoms with Crippen LogP contribution < -0.4 is 15.5 Å². The maximum atomic E-state index is 12.3. The zero-order valence-corrected chi connectivity index (χ0v) is 15.6. The average Bonchev–Trinajstić information content (AvgIpc) is 3.34. The van der Waals surface area contributed by atoms with Gasteiger partial charge in [-0.15, -0.1) is 0 Å². The number of nitrogens with zero attached hydrogens (tertiary/aromatic N) is 2. The number of urea groups is 1. The summed E-state index contributed by atoms with van der Waals surface area (Å²) in [6.07, 6.45) is 4.13. The Kier molecular flexibility index (Phi) is 6.17. The van der Waals surface area contributed by atoms with Gasteiger partial charge in [0.15, 0.2) is 0 Å². The summed E-state index contributed by atoms with van der Waals surface area (Å²) in [5, 5.41) is 5.92. The first-order chi connectivity index (χ1) is 12.6. The molecule has 2 N–H and O–H groups in total. The Balaban J connectivity index is 1.53. The van der Waals surface area contributed by atoms with Gasteiger partial charge in [0.25, 0.3) is 0 Å². The van der Waals surface area contributed by atoms with Gasteiger partial charge in [0.1, 0.15) is 5.76 Å². The third kappa shape index (κ3) is 4.58. The van der Waals surface area contributed by atoms with E-state index in [2.05, 4.69) is 33.7 Å². The van der Waals surface area contributed by atoms with Crippen LogP contribution in [0.25, 0.3) is 0 Å². The topological polar surface area (TPSA) is 60.8 Å². The van der Waals surface area contributed by atoms with Crippen molar-refractivity contribution in [1.82, 2.24) is 15.5 Å². The largest absolute Gasteiger partial charge is 0.468 e. The van der Waals surface area contributed by atoms with Gasteiger partial charge in [-0.25, -0.2) is 4.79 Å². The SMILES string of the molecule is CN(C)C(CNC(=O)NCc1ccccc1N1CCCC1)c1ccco1. The first-order valence-electron chi connectivity index (χ1n) is 9.19. The average molecular weight is 356 g/mol. The van der Waals surface area contributed by atoms with E-state index in [1.165, 1.54) is 18.5 Å². The van der Waals surface area contributed by atoms with Crippen LogP contribution in [0.15, 0.2) is 47.1 Å². The molecule has 1 aromatic heterocycles. The minimum Gasteiger partial charge on any atom is -0.468 e. The first-order valence-corrected chi connectivity index (χ1v) is 9.19. The van der Waals surface area contributed by atoms with Gasteiger partial charge < -0.3 is 20.0 Å². The predicted octanol–water partition coefficient (Wildman–Crippen LogP) is 2.98. The van der Waals surface area contributed by atoms with E-state index in [4.69, 9.17) is 4.42 Å². The molecule has 1 aromatic carbocycles. The van der Waals surface area contributed by atoms with Crippen molar-refractivity contribution < 1.29 is 9.21 Å². The summed E-state index contributed by atoms with van der Waals surface area (Å²) in [4.78, 5) is 16.7. The summed E-state index contributed by atoms with van der Waals surface area (Å²) < 4.78 is 5.47. The summed E-state index contributed by atoms with van der Waals surface area (Å²) >= 11 is 0. The summed E-state index contributed by atoms with van der Waals surface area (Å²) in [5.41, 5.74) is 2.38. The van der Waals surface area contributed by atoms with Crippen molar-refractivity contribution in [3.63, 3.8) is 0 Å². The first kappa shape index (κ1) is 18.3. The molecule has 1 atom stereocenters. The van der Waals surface area contributed by atoms with Crippen LogP contribution in [0.4, 0.5) is 10.5 Å². The van der Waals surface area contributed by atoms with E-state index in [1.54, 1.807) is 6.26 Å². The Hall–Kier alpha value is -2.47. The highest BCUT2D eigenvalue weighted by Gasteiger charge is 2.18. The number of likely N-dealkylation sites (N-methyl/N-ethyl adjacent to an activating group) is 1. The van der Waals surface area contributed by atoms with E-state index in [0.29, 0.717) is 13.1 Å². The second kappa shape index (κ2) is 8.76. The highest BCUT2D eigenvalue weighted by molar-refractivity contribution is 5.74. The van der Waals surface area contributed by atoms with Gasteiger partial charge in [0.2, 0.25) is 0 Å². The Morgan fingerprint density at radius 1 is 1.15 bits per heavy atom. The Bertz CT molecular complexity index is 694. The third-order valence-corrected chi connectivity index (χ3v) is 4.83. The predicted molar refractivity (Wildman–Crippen MR) is 103 cm³/mol. The van der Waals surface area contributed by atoms with Crippen molar-refractivity contribution in [2.24, 2.45) is 0 Å². The molecule has 2 amide bonds. The molecule has 2 heterocycles. The van der Waals surface area contributed by atoms with Gasteiger partial charge in [-0.2, -0.15) is 0 Å². The van der Waals surface area contributed by atoms with Crippen LogP contribution in [0.1, 0.15) is 30.2 Å². The fourth-order valence-electron chi connectivity index (χ4n) is 3.37. The molecule has 0 bridgehead atoms. The number of hydrogen-bond acceptors (Lipinski definition) is 4. The van der Waals surface area contributed by atoms with Crippen LogP contribution in [0.2, 0.25) is 0 Å². The zero-order chi connectivity index (χ0) is 18.4. The number of amides is 2. The number of para-hydroxylation sites is 1. The third-order valence-electron chi connectivity index (χ3n) is 4.83. The minimum absolute atomic E-state index is 0.00707. The molecular formula is C20H28N4O2. The highest BCUT2D eigenvalue weighted by atomic mass is 16.3. The normalized spacial score (nSPS) is 15.3. The minimum atomic E-state index is -0.167. The van der Waals surface area contributed by atoms with Gasteiger partial charge >= 0.3 is 6.03 Å². The number of rotatable bonds is 7. The van der Waals surface area contributed by atoms with Crippen molar-refractivity contribution in [3.05, 3.63) is 54.0 Å². The molecule has 6 nitrogen and oxygen atoms in total. The van der Waals surface area contributed by atoms with Crippen LogP contribution in [0.5, 0.6) is 0 Å². The lowest BCUT2D eigenvalue weighted by Gasteiger charge is -2.23. The van der Waals surface area contributed by atoms with E-state index in [9.17, 15) is 4.79 Å². The molecule has 6 heteroatoms. The molecule has 140 valence electrons. The van der Waals surface area contributed by atoms with Gasteiger partial charge in [0, 0.05) is 31.9 Å². The monoisotopic (exact) mass is 356 g/mol. The number of carbonyl (C=O) groups excluding carboxylic acids is 1. The van der Waals surface area contributed by atoms with Crippen LogP contribution in [0, 0.1) is 0 Å². The van der Waals surface area contributed by atoms with Crippen molar-refractivity contribution in [1.29, 1.82) is 0 Å². The summed E-state index contributed by atoms with van der Waals surface area (Å²) in [7, 11) is 3.94. The molecule has 0 spiro atoms. The Morgan fingerprint density at radius 2 is 1.92 bits per heavy atom. The Labute approximate surface area is 155 Å². The summed E-state index contributed by atoms with van der Waals surface area (Å²) in [6, 6.07) is 11.9. The van der Waals surface area contributed by atoms with Crippen LogP contribution >= 0.6 is 0 Å². The maximum absolute atomic E-state index is 12.3. The summed E-state index contributed by atoms with van der Waals surface area (Å²) in [5.74, 6) is 0.842. The molecule has 1 unspecified atom stereocenters. The fourth-order valence-corrected chi connectivity index (χ4v) is 3.37. The van der Waals surface area contributed by atoms with Crippen LogP contribution in [0.3, 0.4) is 0 Å².